The molecule has 0 aromatic rings. The Bertz CT molecular complexity index is 491. The Kier molecular flexibility index (Phi) is 4.10. The minimum atomic E-state index is -0.263. The smallest absolute Gasteiger partial charge is 0.0581 e. The van der Waals surface area contributed by atoms with E-state index in [2.05, 4.69) is 13.8 Å². The van der Waals surface area contributed by atoms with Crippen molar-refractivity contribution < 1.29 is 15.3 Å². The van der Waals surface area contributed by atoms with Crippen LogP contribution < -0.4 is 0 Å². The van der Waals surface area contributed by atoms with Gasteiger partial charge in [0.1, 0.15) is 0 Å². The summed E-state index contributed by atoms with van der Waals surface area (Å²) in [6.45, 7) is 6.70. The number of hydrogen-bond acceptors (Lipinski definition) is 3. The second-order valence-corrected chi connectivity index (χ2v) is 10.2. The maximum Gasteiger partial charge on any atom is 0.0581 e. The zero-order chi connectivity index (χ0) is 17.3. The SMILES string of the molecule is C[C@@H](O)[C@H]1CC[C@H]2[C@@H]3CC[C@@H]4C[C@H](O)CC[C@]4(C)[C@H]3[C@H](O)C[C@]12C. The van der Waals surface area contributed by atoms with Crippen molar-refractivity contribution >= 4 is 0 Å². The van der Waals surface area contributed by atoms with Crippen LogP contribution in [-0.2, 0) is 0 Å². The molecule has 0 spiro atoms. The molecule has 0 aliphatic heterocycles. The molecular formula is C21H36O3. The fourth-order valence-corrected chi connectivity index (χ4v) is 8.19. The first-order chi connectivity index (χ1) is 11.3. The largest absolute Gasteiger partial charge is 0.393 e. The van der Waals surface area contributed by atoms with Crippen LogP contribution in [0.1, 0.15) is 72.1 Å². The normalized spacial score (nSPS) is 58.5. The van der Waals surface area contributed by atoms with Crippen molar-refractivity contribution in [3.8, 4) is 0 Å². The third kappa shape index (κ3) is 2.27. The van der Waals surface area contributed by atoms with Gasteiger partial charge < -0.3 is 15.3 Å². The fraction of sp³-hybridized carbons (Fsp3) is 1.00. The van der Waals surface area contributed by atoms with E-state index in [0.29, 0.717) is 29.6 Å². The lowest BCUT2D eigenvalue weighted by atomic mass is 9.44. The molecule has 0 saturated heterocycles. The van der Waals surface area contributed by atoms with Gasteiger partial charge in [-0.3, -0.25) is 0 Å². The van der Waals surface area contributed by atoms with Crippen molar-refractivity contribution in [3.05, 3.63) is 0 Å². The van der Waals surface area contributed by atoms with Crippen molar-refractivity contribution in [2.24, 2.45) is 40.4 Å². The molecule has 4 fully saturated rings. The molecule has 4 rings (SSSR count). The topological polar surface area (TPSA) is 60.7 Å². The summed E-state index contributed by atoms with van der Waals surface area (Å²) in [4.78, 5) is 0. The third-order valence-electron chi connectivity index (χ3n) is 9.22. The Labute approximate surface area is 146 Å². The number of aliphatic hydroxyl groups excluding tert-OH is 3. The maximum atomic E-state index is 11.2. The van der Waals surface area contributed by atoms with Gasteiger partial charge in [0.15, 0.2) is 0 Å². The summed E-state index contributed by atoms with van der Waals surface area (Å²) in [7, 11) is 0. The van der Waals surface area contributed by atoms with Gasteiger partial charge in [0, 0.05) is 0 Å². The zero-order valence-corrected chi connectivity index (χ0v) is 15.6. The molecule has 0 heterocycles. The molecule has 0 radical (unpaired) electrons. The van der Waals surface area contributed by atoms with E-state index in [0.717, 1.165) is 32.1 Å². The van der Waals surface area contributed by atoms with Gasteiger partial charge in [-0.1, -0.05) is 13.8 Å². The molecule has 0 unspecified atom stereocenters. The number of rotatable bonds is 1. The van der Waals surface area contributed by atoms with Crippen LogP contribution >= 0.6 is 0 Å². The summed E-state index contributed by atoms with van der Waals surface area (Å²) in [6.07, 6.45) is 7.91. The molecule has 0 aromatic heterocycles. The lowest BCUT2D eigenvalue weighted by molar-refractivity contribution is -0.181. The predicted molar refractivity (Wildman–Crippen MR) is 94.3 cm³/mol. The van der Waals surface area contributed by atoms with E-state index in [1.165, 1.54) is 19.3 Å². The van der Waals surface area contributed by atoms with E-state index < -0.39 is 0 Å². The van der Waals surface area contributed by atoms with E-state index in [1.807, 2.05) is 6.92 Å². The molecule has 4 aliphatic rings. The number of aliphatic hydroxyl groups is 3. The van der Waals surface area contributed by atoms with Crippen molar-refractivity contribution in [3.63, 3.8) is 0 Å². The van der Waals surface area contributed by atoms with E-state index in [1.54, 1.807) is 0 Å². The molecule has 138 valence electrons. The molecular weight excluding hydrogens is 300 g/mol. The summed E-state index contributed by atoms with van der Waals surface area (Å²) in [5.41, 5.74) is 0.304. The first-order valence-electron chi connectivity index (χ1n) is 10.3. The second kappa shape index (κ2) is 5.69. The van der Waals surface area contributed by atoms with Crippen molar-refractivity contribution in [1.82, 2.24) is 0 Å². The predicted octanol–water partition coefficient (Wildman–Crippen LogP) is 3.36. The van der Waals surface area contributed by atoms with Crippen LogP contribution in [0.15, 0.2) is 0 Å². The number of hydrogen-bond donors (Lipinski definition) is 3. The highest BCUT2D eigenvalue weighted by Gasteiger charge is 2.63. The summed E-state index contributed by atoms with van der Waals surface area (Å²) in [6, 6.07) is 0. The molecule has 0 amide bonds. The first-order valence-corrected chi connectivity index (χ1v) is 10.3. The van der Waals surface area contributed by atoms with Gasteiger partial charge in [-0.05, 0) is 98.7 Å². The molecule has 3 heteroatoms. The molecule has 3 N–H and O–H groups in total. The van der Waals surface area contributed by atoms with Gasteiger partial charge >= 0.3 is 0 Å². The second-order valence-electron chi connectivity index (χ2n) is 10.2. The van der Waals surface area contributed by atoms with Crippen LogP contribution in [0, 0.1) is 40.4 Å². The van der Waals surface area contributed by atoms with E-state index in [4.69, 9.17) is 0 Å². The lowest BCUT2D eigenvalue weighted by Gasteiger charge is -2.62. The molecule has 4 aliphatic carbocycles. The Hall–Kier alpha value is -0.120. The lowest BCUT2D eigenvalue weighted by Crippen LogP contribution is -2.59. The van der Waals surface area contributed by atoms with E-state index >= 15 is 0 Å². The summed E-state index contributed by atoms with van der Waals surface area (Å²) >= 11 is 0. The van der Waals surface area contributed by atoms with Crippen LogP contribution in [0.2, 0.25) is 0 Å². The van der Waals surface area contributed by atoms with Crippen molar-refractivity contribution in [2.75, 3.05) is 0 Å². The standard InChI is InChI=1S/C21H36O3/c1-12(22)16-6-7-17-15-5-4-13-10-14(23)8-9-20(13,2)19(15)18(24)11-21(16,17)3/h12-19,22-24H,4-11H2,1-3H3/t12-,13-,14-,15+,16-,17+,18-,19-,20+,21-/m1/s1. The third-order valence-corrected chi connectivity index (χ3v) is 9.22. The maximum absolute atomic E-state index is 11.2. The van der Waals surface area contributed by atoms with Crippen LogP contribution in [0.5, 0.6) is 0 Å². The van der Waals surface area contributed by atoms with Crippen LogP contribution in [0.25, 0.3) is 0 Å². The molecule has 0 bridgehead atoms. The van der Waals surface area contributed by atoms with Crippen molar-refractivity contribution in [2.45, 2.75) is 90.4 Å². The Morgan fingerprint density at radius 2 is 1.71 bits per heavy atom. The highest BCUT2D eigenvalue weighted by atomic mass is 16.3. The van der Waals surface area contributed by atoms with E-state index in [9.17, 15) is 15.3 Å². The van der Waals surface area contributed by atoms with Crippen LogP contribution in [-0.4, -0.2) is 33.6 Å². The van der Waals surface area contributed by atoms with Crippen molar-refractivity contribution in [1.29, 1.82) is 0 Å². The summed E-state index contributed by atoms with van der Waals surface area (Å²) in [5, 5.41) is 31.7. The van der Waals surface area contributed by atoms with Gasteiger partial charge in [0.2, 0.25) is 0 Å². The Balaban J connectivity index is 1.66. The minimum Gasteiger partial charge on any atom is -0.393 e. The van der Waals surface area contributed by atoms with Gasteiger partial charge in [-0.15, -0.1) is 0 Å². The van der Waals surface area contributed by atoms with Gasteiger partial charge in [0.05, 0.1) is 18.3 Å². The highest BCUT2D eigenvalue weighted by molar-refractivity contribution is 5.12. The molecule has 24 heavy (non-hydrogen) atoms. The van der Waals surface area contributed by atoms with Gasteiger partial charge in [0.25, 0.3) is 0 Å². The monoisotopic (exact) mass is 336 g/mol. The Morgan fingerprint density at radius 1 is 0.958 bits per heavy atom. The van der Waals surface area contributed by atoms with E-state index in [-0.39, 0.29) is 29.1 Å². The average Bonchev–Trinajstić information content (AvgIpc) is 2.84. The number of fused-ring (bicyclic) bond motifs is 5. The summed E-state index contributed by atoms with van der Waals surface area (Å²) < 4.78 is 0. The molecule has 0 aromatic carbocycles. The molecule has 4 saturated carbocycles. The summed E-state index contributed by atoms with van der Waals surface area (Å²) in [5.74, 6) is 2.59. The highest BCUT2D eigenvalue weighted by Crippen LogP contribution is 2.67. The quantitative estimate of drug-likeness (QED) is 0.688. The average molecular weight is 337 g/mol. The zero-order valence-electron chi connectivity index (χ0n) is 15.6. The van der Waals surface area contributed by atoms with Crippen LogP contribution in [0.4, 0.5) is 0 Å². The molecule has 10 atom stereocenters. The van der Waals surface area contributed by atoms with Crippen LogP contribution in [0.3, 0.4) is 0 Å². The van der Waals surface area contributed by atoms with Gasteiger partial charge in [-0.25, -0.2) is 0 Å². The molecule has 3 nitrogen and oxygen atoms in total. The first kappa shape index (κ1) is 17.3. The fourth-order valence-electron chi connectivity index (χ4n) is 8.19. The van der Waals surface area contributed by atoms with Gasteiger partial charge in [-0.2, -0.15) is 0 Å². The Morgan fingerprint density at radius 3 is 2.42 bits per heavy atom. The minimum absolute atomic E-state index is 0.103.